The number of hydrogen-bond donors (Lipinski definition) is 2. The molecule has 2 N–H and O–H groups in total. The first-order valence-electron chi connectivity index (χ1n) is 6.08. The zero-order valence-corrected chi connectivity index (χ0v) is 11.3. The average molecular weight is 272 g/mol. The summed E-state index contributed by atoms with van der Waals surface area (Å²) in [5.41, 5.74) is 10.7. The van der Waals surface area contributed by atoms with Crippen LogP contribution in [0.1, 0.15) is 11.1 Å². The molecule has 96 valence electrons. The molecule has 0 bridgehead atoms. The minimum atomic E-state index is 0.751. The Morgan fingerprint density at radius 2 is 1.84 bits per heavy atom. The van der Waals surface area contributed by atoms with E-state index in [0.717, 1.165) is 27.5 Å². The molecule has 0 aliphatic carbocycles. The lowest BCUT2D eigenvalue weighted by Crippen LogP contribution is -2.36. The number of aryl methyl sites for hydroxylation is 1. The fraction of sp³-hybridized carbons (Fsp3) is 0.0667. The highest BCUT2D eigenvalue weighted by atomic mass is 35.5. The molecule has 0 saturated carbocycles. The minimum Gasteiger partial charge on any atom is -0.301 e. The largest absolute Gasteiger partial charge is 0.301 e. The normalized spacial score (nSPS) is 14.2. The molecule has 0 spiro atoms. The zero-order chi connectivity index (χ0) is 13.2. The first-order chi connectivity index (χ1) is 9.24. The van der Waals surface area contributed by atoms with Gasteiger partial charge in [0.25, 0.3) is 0 Å². The Balaban J connectivity index is 1.91. The predicted octanol–water partition coefficient (Wildman–Crippen LogP) is 3.48. The van der Waals surface area contributed by atoms with Gasteiger partial charge in [-0.05, 0) is 30.7 Å². The molecule has 1 aliphatic rings. The first kappa shape index (κ1) is 12.1. The lowest BCUT2D eigenvalue weighted by Gasteiger charge is -2.17. The predicted molar refractivity (Wildman–Crippen MR) is 79.4 cm³/mol. The molecule has 4 heteroatoms. The van der Waals surface area contributed by atoms with E-state index in [4.69, 9.17) is 11.6 Å². The van der Waals surface area contributed by atoms with Crippen molar-refractivity contribution < 1.29 is 0 Å². The van der Waals surface area contributed by atoms with Crippen molar-refractivity contribution in [1.82, 2.24) is 11.0 Å². The molecule has 0 saturated heterocycles. The van der Waals surface area contributed by atoms with Gasteiger partial charge in [-0.25, -0.2) is 0 Å². The van der Waals surface area contributed by atoms with Gasteiger partial charge in [-0.1, -0.05) is 41.9 Å². The summed E-state index contributed by atoms with van der Waals surface area (Å²) >= 11 is 5.98. The van der Waals surface area contributed by atoms with Crippen LogP contribution in [0.2, 0.25) is 5.02 Å². The van der Waals surface area contributed by atoms with Crippen molar-refractivity contribution in [2.75, 3.05) is 5.01 Å². The van der Waals surface area contributed by atoms with Gasteiger partial charge in [0.05, 0.1) is 11.4 Å². The number of hydrogen-bond acceptors (Lipinski definition) is 3. The summed E-state index contributed by atoms with van der Waals surface area (Å²) < 4.78 is 0. The maximum Gasteiger partial charge on any atom is 0.0756 e. The van der Waals surface area contributed by atoms with Crippen molar-refractivity contribution in [3.8, 4) is 0 Å². The molecule has 0 amide bonds. The summed E-state index contributed by atoms with van der Waals surface area (Å²) in [6.45, 7) is 2.04. The smallest absolute Gasteiger partial charge is 0.0756 e. The Morgan fingerprint density at radius 3 is 2.58 bits per heavy atom. The molecule has 3 nitrogen and oxygen atoms in total. The number of halogens is 1. The zero-order valence-electron chi connectivity index (χ0n) is 10.5. The molecule has 0 unspecified atom stereocenters. The Hall–Kier alpha value is -1.97. The second-order valence-electron chi connectivity index (χ2n) is 4.45. The van der Waals surface area contributed by atoms with Crippen molar-refractivity contribution in [2.45, 2.75) is 6.92 Å². The van der Waals surface area contributed by atoms with Gasteiger partial charge >= 0.3 is 0 Å². The topological polar surface area (TPSA) is 27.3 Å². The van der Waals surface area contributed by atoms with Crippen molar-refractivity contribution in [3.63, 3.8) is 0 Å². The third kappa shape index (κ3) is 2.43. The Labute approximate surface area is 117 Å². The van der Waals surface area contributed by atoms with E-state index >= 15 is 0 Å². The van der Waals surface area contributed by atoms with E-state index < -0.39 is 0 Å². The second-order valence-corrected chi connectivity index (χ2v) is 4.88. The van der Waals surface area contributed by atoms with Gasteiger partial charge in [0.2, 0.25) is 0 Å². The summed E-state index contributed by atoms with van der Waals surface area (Å²) in [5, 5.41) is 2.70. The molecule has 3 rings (SSSR count). The van der Waals surface area contributed by atoms with E-state index in [2.05, 4.69) is 23.1 Å². The van der Waals surface area contributed by atoms with Crippen molar-refractivity contribution in [1.29, 1.82) is 0 Å². The molecule has 2 aromatic carbocycles. The third-order valence-electron chi connectivity index (χ3n) is 3.07. The maximum atomic E-state index is 5.98. The minimum absolute atomic E-state index is 0.751. The lowest BCUT2D eigenvalue weighted by atomic mass is 10.1. The van der Waals surface area contributed by atoms with Crippen molar-refractivity contribution in [3.05, 3.63) is 70.9 Å². The van der Waals surface area contributed by atoms with E-state index in [9.17, 15) is 0 Å². The van der Waals surface area contributed by atoms with Crippen LogP contribution < -0.4 is 16.0 Å². The Kier molecular flexibility index (Phi) is 3.15. The fourth-order valence-corrected chi connectivity index (χ4v) is 2.32. The van der Waals surface area contributed by atoms with Crippen LogP contribution in [0.4, 0.5) is 5.69 Å². The van der Waals surface area contributed by atoms with Crippen LogP contribution in [0.3, 0.4) is 0 Å². The van der Waals surface area contributed by atoms with Gasteiger partial charge in [0.1, 0.15) is 0 Å². The van der Waals surface area contributed by atoms with E-state index in [1.807, 2.05) is 54.5 Å². The van der Waals surface area contributed by atoms with Crippen LogP contribution in [0.5, 0.6) is 0 Å². The molecule has 0 atom stereocenters. The number of nitrogens with one attached hydrogen (secondary N) is 2. The maximum absolute atomic E-state index is 5.98. The average Bonchev–Trinajstić information content (AvgIpc) is 2.89. The standard InChI is InChI=1S/C15H14ClN3/c1-11-9-13(16)7-8-15(11)19-10-14(17-18-19)12-5-3-2-4-6-12/h2-10,17-18H,1H3. The monoisotopic (exact) mass is 271 g/mol. The van der Waals surface area contributed by atoms with Crippen LogP contribution in [-0.2, 0) is 0 Å². The fourth-order valence-electron chi connectivity index (χ4n) is 2.10. The van der Waals surface area contributed by atoms with Crippen LogP contribution in [0, 0.1) is 6.92 Å². The highest BCUT2D eigenvalue weighted by Crippen LogP contribution is 2.25. The quantitative estimate of drug-likeness (QED) is 0.876. The molecule has 1 aliphatic heterocycles. The lowest BCUT2D eigenvalue weighted by molar-refractivity contribution is 0.687. The van der Waals surface area contributed by atoms with E-state index in [1.54, 1.807) is 0 Å². The van der Waals surface area contributed by atoms with E-state index in [0.29, 0.717) is 0 Å². The third-order valence-corrected chi connectivity index (χ3v) is 3.31. The highest BCUT2D eigenvalue weighted by Gasteiger charge is 2.15. The number of hydrazine groups is 2. The molecule has 1 heterocycles. The van der Waals surface area contributed by atoms with Gasteiger partial charge < -0.3 is 5.43 Å². The molecular weight excluding hydrogens is 258 g/mol. The SMILES string of the molecule is Cc1cc(Cl)ccc1N1C=C(c2ccccc2)NN1. The Bertz CT molecular complexity index is 623. The van der Waals surface area contributed by atoms with Crippen LogP contribution in [-0.4, -0.2) is 0 Å². The molecular formula is C15H14ClN3. The van der Waals surface area contributed by atoms with Crippen LogP contribution in [0.25, 0.3) is 5.70 Å². The van der Waals surface area contributed by atoms with Gasteiger partial charge in [-0.3, -0.25) is 5.01 Å². The Morgan fingerprint density at radius 1 is 1.05 bits per heavy atom. The number of rotatable bonds is 2. The van der Waals surface area contributed by atoms with Gasteiger partial charge in [0.15, 0.2) is 0 Å². The summed E-state index contributed by atoms with van der Waals surface area (Å²) in [7, 11) is 0. The molecule has 0 aromatic heterocycles. The van der Waals surface area contributed by atoms with Crippen LogP contribution >= 0.6 is 11.6 Å². The highest BCUT2D eigenvalue weighted by molar-refractivity contribution is 6.30. The molecule has 19 heavy (non-hydrogen) atoms. The number of benzene rings is 2. The molecule has 0 radical (unpaired) electrons. The van der Waals surface area contributed by atoms with Gasteiger partial charge in [0, 0.05) is 16.8 Å². The van der Waals surface area contributed by atoms with Gasteiger partial charge in [-0.2, -0.15) is 0 Å². The van der Waals surface area contributed by atoms with E-state index in [1.165, 1.54) is 0 Å². The summed E-state index contributed by atoms with van der Waals surface area (Å²) in [6.07, 6.45) is 2.03. The first-order valence-corrected chi connectivity index (χ1v) is 6.46. The van der Waals surface area contributed by atoms with Crippen LogP contribution in [0.15, 0.2) is 54.7 Å². The molecule has 0 fully saturated rings. The van der Waals surface area contributed by atoms with Crippen molar-refractivity contribution in [2.24, 2.45) is 0 Å². The van der Waals surface area contributed by atoms with Gasteiger partial charge in [-0.15, -0.1) is 5.53 Å². The van der Waals surface area contributed by atoms with Crippen molar-refractivity contribution >= 4 is 23.0 Å². The number of anilines is 1. The summed E-state index contributed by atoms with van der Waals surface area (Å²) in [4.78, 5) is 0. The second kappa shape index (κ2) is 4.96. The van der Waals surface area contributed by atoms with E-state index in [-0.39, 0.29) is 0 Å². The number of nitrogens with zero attached hydrogens (tertiary/aromatic N) is 1. The summed E-state index contributed by atoms with van der Waals surface area (Å²) in [6, 6.07) is 16.0. The molecule has 2 aromatic rings. The summed E-state index contributed by atoms with van der Waals surface area (Å²) in [5.74, 6) is 0.